The molecule has 2 aliphatic rings. The minimum atomic E-state index is -1.94. The Balaban J connectivity index is 1.50. The molecule has 0 spiro atoms. The molecule has 0 unspecified atom stereocenters. The van der Waals surface area contributed by atoms with Crippen LogP contribution in [0.25, 0.3) is 32.9 Å². The summed E-state index contributed by atoms with van der Waals surface area (Å²) in [6.45, 7) is 15.8. The maximum absolute atomic E-state index is 16.3. The van der Waals surface area contributed by atoms with E-state index in [1.165, 1.54) is 6.33 Å². The zero-order chi connectivity index (χ0) is 28.2. The number of aromatic nitrogens is 3. The fourth-order valence-corrected chi connectivity index (χ4v) is 12.6. The van der Waals surface area contributed by atoms with Crippen molar-refractivity contribution < 1.29 is 4.39 Å². The predicted octanol–water partition coefficient (Wildman–Crippen LogP) is 7.10. The molecule has 2 aromatic heterocycles. The molecular weight excluding hydrogens is 513 g/mol. The van der Waals surface area contributed by atoms with Crippen LogP contribution in [-0.2, 0) is 0 Å². The Morgan fingerprint density at radius 1 is 0.975 bits per heavy atom. The Bertz CT molecular complexity index is 1630. The zero-order valence-electron chi connectivity index (χ0n) is 24.3. The van der Waals surface area contributed by atoms with Crippen LogP contribution in [0.1, 0.15) is 53.5 Å². The second-order valence-corrected chi connectivity index (χ2v) is 17.9. The summed E-state index contributed by atoms with van der Waals surface area (Å²) in [4.78, 5) is 15.9. The number of pyridine rings is 1. The molecule has 5 nitrogen and oxygen atoms in total. The van der Waals surface area contributed by atoms with Gasteiger partial charge in [0.2, 0.25) is 0 Å². The van der Waals surface area contributed by atoms with Crippen molar-refractivity contribution in [2.24, 2.45) is 0 Å². The number of halogens is 1. The molecule has 0 bridgehead atoms. The molecule has 0 radical (unpaired) electrons. The summed E-state index contributed by atoms with van der Waals surface area (Å²) in [6, 6.07) is 13.0. The van der Waals surface area contributed by atoms with Crippen LogP contribution in [0.5, 0.6) is 0 Å². The Morgan fingerprint density at radius 3 is 2.40 bits per heavy atom. The molecule has 2 aromatic carbocycles. The first kappa shape index (κ1) is 26.9. The van der Waals surface area contributed by atoms with Gasteiger partial charge in [-0.2, -0.15) is 0 Å². The third-order valence-electron chi connectivity index (χ3n) is 9.42. The van der Waals surface area contributed by atoms with Crippen molar-refractivity contribution in [2.45, 2.75) is 76.7 Å². The lowest BCUT2D eigenvalue weighted by atomic mass is 9.96. The third kappa shape index (κ3) is 4.12. The normalized spacial score (nSPS) is 18.9. The highest BCUT2D eigenvalue weighted by Gasteiger charge is 2.43. The van der Waals surface area contributed by atoms with E-state index in [-0.39, 0.29) is 0 Å². The smallest absolute Gasteiger partial charge is 0.175 e. The van der Waals surface area contributed by atoms with E-state index in [1.807, 2.05) is 18.2 Å². The number of anilines is 1. The lowest BCUT2D eigenvalue weighted by Crippen LogP contribution is -2.61. The topological polar surface area (TPSA) is 53.9 Å². The number of rotatable bonds is 5. The van der Waals surface area contributed by atoms with Crippen molar-refractivity contribution in [3.05, 3.63) is 60.3 Å². The molecule has 6 rings (SSSR count). The average Bonchev–Trinajstić information content (AvgIpc) is 3.28. The SMILES string of the molecule is CC(C)[Si](C#Cc1cccc2cccc(-c3ncc4c(N5C[C@H]6NCC[C@H]65)ncnc4c3F)c12)(C(C)C)C(C)C. The van der Waals surface area contributed by atoms with Gasteiger partial charge in [-0.15, -0.1) is 5.54 Å². The Labute approximate surface area is 237 Å². The van der Waals surface area contributed by atoms with Crippen molar-refractivity contribution in [1.82, 2.24) is 20.3 Å². The van der Waals surface area contributed by atoms with Crippen LogP contribution in [0.3, 0.4) is 0 Å². The summed E-state index contributed by atoms with van der Waals surface area (Å²) in [6.07, 6.45) is 4.30. The molecule has 2 saturated heterocycles. The van der Waals surface area contributed by atoms with E-state index < -0.39 is 13.9 Å². The van der Waals surface area contributed by atoms with E-state index in [0.29, 0.717) is 45.3 Å². The van der Waals surface area contributed by atoms with Gasteiger partial charge < -0.3 is 10.2 Å². The van der Waals surface area contributed by atoms with Crippen LogP contribution in [0.15, 0.2) is 48.9 Å². The van der Waals surface area contributed by atoms with Gasteiger partial charge in [0.05, 0.1) is 5.39 Å². The molecule has 40 heavy (non-hydrogen) atoms. The molecule has 2 atom stereocenters. The minimum Gasteiger partial charge on any atom is -0.350 e. The van der Waals surface area contributed by atoms with Crippen molar-refractivity contribution in [2.75, 3.05) is 18.0 Å². The Hall–Kier alpha value is -3.34. The van der Waals surface area contributed by atoms with Crippen LogP contribution in [0, 0.1) is 17.3 Å². The Kier molecular flexibility index (Phi) is 6.88. The van der Waals surface area contributed by atoms with Crippen LogP contribution < -0.4 is 10.2 Å². The van der Waals surface area contributed by atoms with Crippen LogP contribution in [0.2, 0.25) is 16.6 Å². The first-order valence-electron chi connectivity index (χ1n) is 14.6. The molecule has 4 heterocycles. The molecule has 0 amide bonds. The molecule has 4 aromatic rings. The third-order valence-corrected chi connectivity index (χ3v) is 15.7. The predicted molar refractivity (Wildman–Crippen MR) is 166 cm³/mol. The van der Waals surface area contributed by atoms with Crippen molar-refractivity contribution in [1.29, 1.82) is 0 Å². The molecule has 1 N–H and O–H groups in total. The maximum atomic E-state index is 16.3. The van der Waals surface area contributed by atoms with Gasteiger partial charge in [-0.05, 0) is 41.0 Å². The lowest BCUT2D eigenvalue weighted by Gasteiger charge is -2.45. The van der Waals surface area contributed by atoms with Crippen molar-refractivity contribution >= 4 is 35.6 Å². The fraction of sp³-hybridized carbons (Fsp3) is 0.424. The highest BCUT2D eigenvalue weighted by molar-refractivity contribution is 6.90. The summed E-state index contributed by atoms with van der Waals surface area (Å²) in [5.41, 5.74) is 7.75. The molecule has 2 aliphatic heterocycles. The van der Waals surface area contributed by atoms with Crippen LogP contribution in [-0.4, -0.2) is 48.2 Å². The van der Waals surface area contributed by atoms with Gasteiger partial charge in [0.1, 0.15) is 31.4 Å². The second kappa shape index (κ2) is 10.2. The average molecular weight is 552 g/mol. The monoisotopic (exact) mass is 551 g/mol. The van der Waals surface area contributed by atoms with Crippen molar-refractivity contribution in [3.63, 3.8) is 0 Å². The van der Waals surface area contributed by atoms with Gasteiger partial charge in [-0.25, -0.2) is 14.4 Å². The van der Waals surface area contributed by atoms with Gasteiger partial charge in [0, 0.05) is 41.3 Å². The fourth-order valence-electron chi connectivity index (χ4n) is 7.41. The van der Waals surface area contributed by atoms with Crippen molar-refractivity contribution in [3.8, 4) is 22.7 Å². The van der Waals surface area contributed by atoms with Gasteiger partial charge in [-0.1, -0.05) is 77.8 Å². The molecule has 0 saturated carbocycles. The van der Waals surface area contributed by atoms with E-state index in [0.717, 1.165) is 47.2 Å². The van der Waals surface area contributed by atoms with E-state index in [1.54, 1.807) is 6.20 Å². The molecule has 2 fully saturated rings. The number of hydrogen-bond acceptors (Lipinski definition) is 5. The molecule has 7 heteroatoms. The van der Waals surface area contributed by atoms with Gasteiger partial charge in [0.25, 0.3) is 0 Å². The number of nitrogens with one attached hydrogen (secondary N) is 1. The summed E-state index contributed by atoms with van der Waals surface area (Å²) in [5.74, 6) is 3.99. The molecule has 206 valence electrons. The van der Waals surface area contributed by atoms with E-state index in [2.05, 4.69) is 91.4 Å². The number of hydrogen-bond donors (Lipinski definition) is 1. The lowest BCUT2D eigenvalue weighted by molar-refractivity contribution is 0.394. The summed E-state index contributed by atoms with van der Waals surface area (Å²) in [7, 11) is -1.94. The second-order valence-electron chi connectivity index (χ2n) is 12.3. The van der Waals surface area contributed by atoms with E-state index >= 15 is 4.39 Å². The van der Waals surface area contributed by atoms with Gasteiger partial charge in [-0.3, -0.25) is 4.98 Å². The first-order valence-corrected chi connectivity index (χ1v) is 16.8. The maximum Gasteiger partial charge on any atom is 0.175 e. The zero-order valence-corrected chi connectivity index (χ0v) is 25.3. The first-order chi connectivity index (χ1) is 19.2. The van der Waals surface area contributed by atoms with Gasteiger partial charge >= 0.3 is 0 Å². The van der Waals surface area contributed by atoms with Crippen LogP contribution >= 0.6 is 0 Å². The highest BCUT2D eigenvalue weighted by Crippen LogP contribution is 2.41. The standard InChI is InChI=1S/C33H38FN5Si/c1-20(2)40(21(3)4,22(5)6)16-14-24-10-7-9-23-11-8-12-25(29(23)24)31-30(34)32-26(17-36-31)33(38-19-37-32)39-18-27-28(39)13-15-35-27/h7-12,17,19-22,27-28,35H,13,15,18H2,1-6H3/t27-,28-/m1/s1. The summed E-state index contributed by atoms with van der Waals surface area (Å²) in [5, 5.41) is 6.16. The molecular formula is C33H38FN5Si. The minimum absolute atomic E-state index is 0.307. The Morgan fingerprint density at radius 2 is 1.70 bits per heavy atom. The summed E-state index contributed by atoms with van der Waals surface area (Å²) < 4.78 is 16.3. The number of benzene rings is 2. The van der Waals surface area contributed by atoms with E-state index in [9.17, 15) is 0 Å². The molecule has 0 aliphatic carbocycles. The summed E-state index contributed by atoms with van der Waals surface area (Å²) >= 11 is 0. The number of nitrogens with zero attached hydrogens (tertiary/aromatic N) is 4. The van der Waals surface area contributed by atoms with E-state index in [4.69, 9.17) is 4.98 Å². The largest absolute Gasteiger partial charge is 0.350 e. The highest BCUT2D eigenvalue weighted by atomic mass is 28.3. The van der Waals surface area contributed by atoms with Crippen LogP contribution in [0.4, 0.5) is 10.2 Å². The van der Waals surface area contributed by atoms with Gasteiger partial charge in [0.15, 0.2) is 5.82 Å². The number of fused-ring (bicyclic) bond motifs is 3. The quantitative estimate of drug-likeness (QED) is 0.212.